The molecule has 5 nitrogen and oxygen atoms in total. The maximum Gasteiger partial charge on any atom is 0.289 e. The van der Waals surface area contributed by atoms with Gasteiger partial charge in [-0.3, -0.25) is 9.69 Å². The van der Waals surface area contributed by atoms with Crippen LogP contribution in [0.3, 0.4) is 0 Å². The van der Waals surface area contributed by atoms with E-state index in [2.05, 4.69) is 4.90 Å². The van der Waals surface area contributed by atoms with E-state index in [0.29, 0.717) is 59.8 Å². The average Bonchev–Trinajstić information content (AvgIpc) is 3.25. The Balaban J connectivity index is 1.31. The third-order valence-electron chi connectivity index (χ3n) is 5.50. The number of nitrogens with zero attached hydrogens (tertiary/aromatic N) is 2. The minimum absolute atomic E-state index is 0.172. The zero-order valence-electron chi connectivity index (χ0n) is 17.6. The van der Waals surface area contributed by atoms with E-state index < -0.39 is 0 Å². The Labute approximate surface area is 196 Å². The fourth-order valence-electron chi connectivity index (χ4n) is 3.69. The van der Waals surface area contributed by atoms with Crippen molar-refractivity contribution in [1.29, 1.82) is 0 Å². The fourth-order valence-corrected chi connectivity index (χ4v) is 4.18. The van der Waals surface area contributed by atoms with Crippen LogP contribution in [0.5, 0.6) is 5.75 Å². The van der Waals surface area contributed by atoms with Gasteiger partial charge in [-0.15, -0.1) is 0 Å². The van der Waals surface area contributed by atoms with Crippen LogP contribution in [0.15, 0.2) is 52.9 Å². The first-order chi connectivity index (χ1) is 15.4. The molecule has 0 bridgehead atoms. The zero-order chi connectivity index (χ0) is 22.7. The van der Waals surface area contributed by atoms with Crippen LogP contribution in [-0.4, -0.2) is 41.9 Å². The Morgan fingerprint density at radius 3 is 2.47 bits per heavy atom. The van der Waals surface area contributed by atoms with Crippen LogP contribution in [0.25, 0.3) is 0 Å². The lowest BCUT2D eigenvalue weighted by Crippen LogP contribution is -2.48. The number of furan rings is 1. The molecule has 32 heavy (non-hydrogen) atoms. The maximum atomic E-state index is 14.0. The Hall–Kier alpha value is -2.54. The van der Waals surface area contributed by atoms with Crippen LogP contribution in [0.1, 0.15) is 27.4 Å². The van der Waals surface area contributed by atoms with Gasteiger partial charge in [-0.25, -0.2) is 4.39 Å². The van der Waals surface area contributed by atoms with E-state index in [4.69, 9.17) is 32.4 Å². The summed E-state index contributed by atoms with van der Waals surface area (Å²) in [6.45, 7) is 4.80. The normalized spacial score (nSPS) is 14.6. The van der Waals surface area contributed by atoms with Gasteiger partial charge >= 0.3 is 0 Å². The summed E-state index contributed by atoms with van der Waals surface area (Å²) >= 11 is 12.3. The van der Waals surface area contributed by atoms with E-state index in [0.717, 1.165) is 5.56 Å². The lowest BCUT2D eigenvalue weighted by atomic mass is 10.1. The van der Waals surface area contributed by atoms with Crippen LogP contribution < -0.4 is 4.74 Å². The molecular weight excluding hydrogens is 454 g/mol. The molecule has 0 unspecified atom stereocenters. The van der Waals surface area contributed by atoms with Gasteiger partial charge in [0.2, 0.25) is 0 Å². The SMILES string of the molecule is Cc1cccc(Cl)c1OCc1ccc(C(=O)N2CCN(Cc3c(F)cccc3Cl)CC2)o1. The molecule has 0 N–H and O–H groups in total. The Morgan fingerprint density at radius 1 is 1.03 bits per heavy atom. The molecule has 168 valence electrons. The predicted molar refractivity (Wildman–Crippen MR) is 122 cm³/mol. The molecule has 2 aromatic carbocycles. The maximum absolute atomic E-state index is 14.0. The molecule has 1 aromatic heterocycles. The van der Waals surface area contributed by atoms with Crippen LogP contribution in [0.2, 0.25) is 10.0 Å². The average molecular weight is 477 g/mol. The highest BCUT2D eigenvalue weighted by atomic mass is 35.5. The molecule has 0 spiro atoms. The standard InChI is InChI=1S/C24H23Cl2FN2O3/c1-16-4-2-6-20(26)23(16)31-15-17-8-9-22(32-17)24(30)29-12-10-28(11-13-29)14-18-19(25)5-3-7-21(18)27/h2-9H,10-15H2,1H3. The first-order valence-corrected chi connectivity index (χ1v) is 11.1. The third-order valence-corrected chi connectivity index (χ3v) is 6.15. The number of piperazine rings is 1. The van der Waals surface area contributed by atoms with Crippen molar-refractivity contribution < 1.29 is 18.3 Å². The van der Waals surface area contributed by atoms with E-state index >= 15 is 0 Å². The number of hydrogen-bond donors (Lipinski definition) is 0. The summed E-state index contributed by atoms with van der Waals surface area (Å²) in [4.78, 5) is 16.7. The van der Waals surface area contributed by atoms with Crippen LogP contribution in [0, 0.1) is 12.7 Å². The van der Waals surface area contributed by atoms with Gasteiger partial charge in [0.05, 0.1) is 5.02 Å². The molecule has 1 aliphatic heterocycles. The topological polar surface area (TPSA) is 45.9 Å². The van der Waals surface area contributed by atoms with E-state index in [1.807, 2.05) is 19.1 Å². The smallest absolute Gasteiger partial charge is 0.289 e. The largest absolute Gasteiger partial charge is 0.484 e. The number of rotatable bonds is 6. The number of para-hydroxylation sites is 1. The summed E-state index contributed by atoms with van der Waals surface area (Å²) in [6, 6.07) is 13.6. The third kappa shape index (κ3) is 5.09. The zero-order valence-corrected chi connectivity index (χ0v) is 19.1. The highest BCUT2D eigenvalue weighted by Crippen LogP contribution is 2.29. The second-order valence-corrected chi connectivity index (χ2v) is 8.52. The van der Waals surface area contributed by atoms with E-state index in [9.17, 15) is 9.18 Å². The predicted octanol–water partition coefficient (Wildman–Crippen LogP) is 5.57. The Morgan fingerprint density at radius 2 is 1.75 bits per heavy atom. The van der Waals surface area contributed by atoms with Crippen molar-refractivity contribution in [1.82, 2.24) is 9.80 Å². The molecule has 1 aliphatic rings. The molecule has 1 amide bonds. The van der Waals surface area contributed by atoms with Crippen LogP contribution in [-0.2, 0) is 13.2 Å². The van der Waals surface area contributed by atoms with Gasteiger partial charge in [-0.05, 0) is 42.8 Å². The highest BCUT2D eigenvalue weighted by molar-refractivity contribution is 6.32. The van der Waals surface area contributed by atoms with Gasteiger partial charge in [0, 0.05) is 43.3 Å². The molecule has 1 fully saturated rings. The Kier molecular flexibility index (Phi) is 7.04. The van der Waals surface area contributed by atoms with Gasteiger partial charge in [0.1, 0.15) is 23.9 Å². The molecule has 0 atom stereocenters. The molecule has 0 radical (unpaired) electrons. The lowest BCUT2D eigenvalue weighted by Gasteiger charge is -2.34. The van der Waals surface area contributed by atoms with Crippen molar-refractivity contribution in [2.24, 2.45) is 0 Å². The molecular formula is C24H23Cl2FN2O3. The van der Waals surface area contributed by atoms with E-state index in [1.54, 1.807) is 35.2 Å². The molecule has 0 saturated carbocycles. The van der Waals surface area contributed by atoms with E-state index in [1.165, 1.54) is 6.07 Å². The first kappa shape index (κ1) is 22.6. The summed E-state index contributed by atoms with van der Waals surface area (Å²) in [5.74, 6) is 0.928. The number of amides is 1. The Bertz CT molecular complexity index is 1070. The number of carbonyl (C=O) groups is 1. The number of ether oxygens (including phenoxy) is 1. The van der Waals surface area contributed by atoms with Crippen molar-refractivity contribution in [3.8, 4) is 5.75 Å². The van der Waals surface area contributed by atoms with Crippen molar-refractivity contribution in [2.75, 3.05) is 26.2 Å². The number of carbonyl (C=O) groups excluding carboxylic acids is 1. The molecule has 2 heterocycles. The molecule has 4 rings (SSSR count). The summed E-state index contributed by atoms with van der Waals surface area (Å²) in [5.41, 5.74) is 1.41. The lowest BCUT2D eigenvalue weighted by molar-refractivity contribution is 0.0592. The quantitative estimate of drug-likeness (QED) is 0.466. The van der Waals surface area contributed by atoms with Crippen LogP contribution in [0.4, 0.5) is 4.39 Å². The molecule has 8 heteroatoms. The second-order valence-electron chi connectivity index (χ2n) is 7.71. The molecule has 0 aliphatic carbocycles. The van der Waals surface area contributed by atoms with E-state index in [-0.39, 0.29) is 24.1 Å². The summed E-state index contributed by atoms with van der Waals surface area (Å²) in [6.07, 6.45) is 0. The number of aryl methyl sites for hydroxylation is 1. The second kappa shape index (κ2) is 9.94. The van der Waals surface area contributed by atoms with Gasteiger partial charge in [0.15, 0.2) is 5.76 Å². The van der Waals surface area contributed by atoms with Gasteiger partial charge in [-0.2, -0.15) is 0 Å². The van der Waals surface area contributed by atoms with Crippen molar-refractivity contribution in [3.05, 3.63) is 87.0 Å². The van der Waals surface area contributed by atoms with Gasteiger partial charge in [0.25, 0.3) is 5.91 Å². The van der Waals surface area contributed by atoms with Crippen LogP contribution >= 0.6 is 23.2 Å². The van der Waals surface area contributed by atoms with Crippen molar-refractivity contribution >= 4 is 29.1 Å². The first-order valence-electron chi connectivity index (χ1n) is 10.3. The fraction of sp³-hybridized carbons (Fsp3) is 0.292. The number of benzene rings is 2. The van der Waals surface area contributed by atoms with Gasteiger partial charge < -0.3 is 14.1 Å². The minimum Gasteiger partial charge on any atom is -0.484 e. The summed E-state index contributed by atoms with van der Waals surface area (Å²) in [5, 5.41) is 0.947. The van der Waals surface area contributed by atoms with Gasteiger partial charge in [-0.1, -0.05) is 41.4 Å². The number of halogens is 3. The minimum atomic E-state index is -0.312. The summed E-state index contributed by atoms with van der Waals surface area (Å²) < 4.78 is 25.5. The van der Waals surface area contributed by atoms with Crippen molar-refractivity contribution in [3.63, 3.8) is 0 Å². The monoisotopic (exact) mass is 476 g/mol. The van der Waals surface area contributed by atoms with Crippen molar-refractivity contribution in [2.45, 2.75) is 20.1 Å². The molecule has 1 saturated heterocycles. The number of hydrogen-bond acceptors (Lipinski definition) is 4. The summed E-state index contributed by atoms with van der Waals surface area (Å²) in [7, 11) is 0. The molecule has 3 aromatic rings. The highest BCUT2D eigenvalue weighted by Gasteiger charge is 2.25.